The third-order valence-corrected chi connectivity index (χ3v) is 4.57. The van der Waals surface area contributed by atoms with Crippen LogP contribution < -0.4 is 0 Å². The number of hydrogen-bond acceptors (Lipinski definition) is 5. The molecule has 1 amide bonds. The summed E-state index contributed by atoms with van der Waals surface area (Å²) in [6.07, 6.45) is 4.37. The number of aromatic amines is 1. The van der Waals surface area contributed by atoms with E-state index in [4.69, 9.17) is 4.52 Å². The lowest BCUT2D eigenvalue weighted by Crippen LogP contribution is -2.39. The number of benzene rings is 1. The zero-order valence-electron chi connectivity index (χ0n) is 13.5. The predicted molar refractivity (Wildman–Crippen MR) is 87.6 cm³/mol. The monoisotopic (exact) mass is 325 g/mol. The molecule has 1 N–H and O–H groups in total. The van der Waals surface area contributed by atoms with Crippen molar-refractivity contribution in [3.05, 3.63) is 41.7 Å². The average Bonchev–Trinajstić information content (AvgIpc) is 3.30. The van der Waals surface area contributed by atoms with Crippen LogP contribution in [0.2, 0.25) is 0 Å². The van der Waals surface area contributed by atoms with Crippen molar-refractivity contribution in [2.24, 2.45) is 0 Å². The minimum atomic E-state index is 0.0220. The number of amides is 1. The quantitative estimate of drug-likeness (QED) is 0.799. The number of aromatic nitrogens is 4. The molecule has 0 radical (unpaired) electrons. The number of likely N-dealkylation sites (tertiary alicyclic amines) is 1. The molecule has 0 bridgehead atoms. The predicted octanol–water partition coefficient (Wildman–Crippen LogP) is 2.53. The van der Waals surface area contributed by atoms with Crippen molar-refractivity contribution in [1.29, 1.82) is 0 Å². The zero-order chi connectivity index (χ0) is 16.5. The van der Waals surface area contributed by atoms with Gasteiger partial charge in [-0.25, -0.2) is 0 Å². The van der Waals surface area contributed by atoms with E-state index in [9.17, 15) is 4.79 Å². The Labute approximate surface area is 139 Å². The van der Waals surface area contributed by atoms with Gasteiger partial charge in [-0.3, -0.25) is 9.89 Å². The van der Waals surface area contributed by atoms with Gasteiger partial charge in [-0.1, -0.05) is 24.2 Å². The molecule has 2 aromatic heterocycles. The molecule has 1 fully saturated rings. The van der Waals surface area contributed by atoms with E-state index < -0.39 is 0 Å². The molecule has 0 saturated carbocycles. The second-order valence-corrected chi connectivity index (χ2v) is 6.13. The summed E-state index contributed by atoms with van der Waals surface area (Å²) in [5.74, 6) is 1.52. The minimum Gasteiger partial charge on any atom is -0.339 e. The van der Waals surface area contributed by atoms with Crippen LogP contribution in [-0.2, 0) is 6.42 Å². The van der Waals surface area contributed by atoms with Gasteiger partial charge in [0.1, 0.15) is 0 Å². The number of rotatable bonds is 3. The van der Waals surface area contributed by atoms with Crippen molar-refractivity contribution < 1.29 is 9.32 Å². The van der Waals surface area contributed by atoms with Crippen LogP contribution in [0, 0.1) is 0 Å². The highest BCUT2D eigenvalue weighted by atomic mass is 16.5. The Morgan fingerprint density at radius 1 is 1.46 bits per heavy atom. The van der Waals surface area contributed by atoms with Crippen molar-refractivity contribution in [3.8, 4) is 0 Å². The van der Waals surface area contributed by atoms with E-state index in [0.29, 0.717) is 23.8 Å². The summed E-state index contributed by atoms with van der Waals surface area (Å²) < 4.78 is 5.22. The minimum absolute atomic E-state index is 0.0220. The summed E-state index contributed by atoms with van der Waals surface area (Å²) >= 11 is 0. The Balaban J connectivity index is 1.57. The van der Waals surface area contributed by atoms with Crippen molar-refractivity contribution >= 4 is 16.8 Å². The summed E-state index contributed by atoms with van der Waals surface area (Å²) in [5.41, 5.74) is 1.45. The number of para-hydroxylation sites is 1. The number of carbonyl (C=O) groups is 1. The number of aryl methyl sites for hydroxylation is 1. The van der Waals surface area contributed by atoms with E-state index in [0.717, 1.165) is 36.7 Å². The SMILES string of the molecule is CCc1nc([C@@H]2CCCN(C(=O)c3cccc4cn[nH]c34)C2)no1. The van der Waals surface area contributed by atoms with Crippen LogP contribution in [-0.4, -0.2) is 44.2 Å². The molecule has 7 nitrogen and oxygen atoms in total. The van der Waals surface area contributed by atoms with Crippen LogP contribution in [0.1, 0.15) is 47.8 Å². The number of piperidine rings is 1. The Kier molecular flexibility index (Phi) is 3.76. The first kappa shape index (κ1) is 14.9. The molecule has 0 spiro atoms. The molecular weight excluding hydrogens is 306 g/mol. The molecular formula is C17H19N5O2. The highest BCUT2D eigenvalue weighted by molar-refractivity contribution is 6.05. The first-order valence-corrected chi connectivity index (χ1v) is 8.30. The molecule has 1 saturated heterocycles. The van der Waals surface area contributed by atoms with Gasteiger partial charge in [0.15, 0.2) is 5.82 Å². The van der Waals surface area contributed by atoms with Crippen molar-refractivity contribution in [3.63, 3.8) is 0 Å². The van der Waals surface area contributed by atoms with Crippen LogP contribution >= 0.6 is 0 Å². The van der Waals surface area contributed by atoms with Gasteiger partial charge in [-0.2, -0.15) is 10.1 Å². The standard InChI is InChI=1S/C17H19N5O2/c1-2-14-19-16(21-24-14)12-6-4-8-22(10-12)17(23)13-7-3-5-11-9-18-20-15(11)13/h3,5,7,9,12H,2,4,6,8,10H2,1H3,(H,18,20)/t12-/m1/s1. The van der Waals surface area contributed by atoms with Crippen LogP contribution in [0.4, 0.5) is 0 Å². The highest BCUT2D eigenvalue weighted by Crippen LogP contribution is 2.27. The van der Waals surface area contributed by atoms with Crippen LogP contribution in [0.3, 0.4) is 0 Å². The van der Waals surface area contributed by atoms with Crippen LogP contribution in [0.5, 0.6) is 0 Å². The molecule has 1 aliphatic rings. The van der Waals surface area contributed by atoms with E-state index in [1.54, 1.807) is 6.20 Å². The number of nitrogens with zero attached hydrogens (tertiary/aromatic N) is 4. The first-order chi connectivity index (χ1) is 11.8. The number of hydrogen-bond donors (Lipinski definition) is 1. The topological polar surface area (TPSA) is 87.9 Å². The zero-order valence-corrected chi connectivity index (χ0v) is 13.5. The molecule has 3 heterocycles. The third kappa shape index (κ3) is 2.55. The first-order valence-electron chi connectivity index (χ1n) is 8.30. The Morgan fingerprint density at radius 2 is 2.38 bits per heavy atom. The Hall–Kier alpha value is -2.70. The van der Waals surface area contributed by atoms with E-state index in [1.165, 1.54) is 0 Å². The maximum atomic E-state index is 13.0. The number of nitrogens with one attached hydrogen (secondary N) is 1. The maximum absolute atomic E-state index is 13.0. The lowest BCUT2D eigenvalue weighted by atomic mass is 9.96. The molecule has 0 unspecified atom stereocenters. The van der Waals surface area contributed by atoms with Gasteiger partial charge in [-0.05, 0) is 18.9 Å². The molecule has 1 aliphatic heterocycles. The normalized spacial score (nSPS) is 18.2. The van der Waals surface area contributed by atoms with Gasteiger partial charge in [0.05, 0.1) is 17.3 Å². The fourth-order valence-corrected chi connectivity index (χ4v) is 3.27. The van der Waals surface area contributed by atoms with E-state index in [-0.39, 0.29) is 11.8 Å². The number of carbonyl (C=O) groups excluding carboxylic acids is 1. The smallest absolute Gasteiger partial charge is 0.256 e. The van der Waals surface area contributed by atoms with Crippen LogP contribution in [0.15, 0.2) is 28.9 Å². The summed E-state index contributed by atoms with van der Waals surface area (Å²) in [6, 6.07) is 5.68. The summed E-state index contributed by atoms with van der Waals surface area (Å²) in [4.78, 5) is 19.3. The molecule has 3 aromatic rings. The summed E-state index contributed by atoms with van der Waals surface area (Å²) in [6.45, 7) is 3.35. The molecule has 0 aliphatic carbocycles. The fourth-order valence-electron chi connectivity index (χ4n) is 3.27. The van der Waals surface area contributed by atoms with Crippen molar-refractivity contribution in [2.75, 3.05) is 13.1 Å². The lowest BCUT2D eigenvalue weighted by molar-refractivity contribution is 0.0705. The number of H-pyrrole nitrogens is 1. The largest absolute Gasteiger partial charge is 0.339 e. The van der Waals surface area contributed by atoms with Crippen molar-refractivity contribution in [2.45, 2.75) is 32.1 Å². The Morgan fingerprint density at radius 3 is 3.21 bits per heavy atom. The summed E-state index contributed by atoms with van der Waals surface area (Å²) in [7, 11) is 0. The van der Waals surface area contributed by atoms with E-state index >= 15 is 0 Å². The van der Waals surface area contributed by atoms with Gasteiger partial charge in [0.25, 0.3) is 5.91 Å². The fraction of sp³-hybridized carbons (Fsp3) is 0.412. The van der Waals surface area contributed by atoms with Gasteiger partial charge in [0, 0.05) is 30.8 Å². The maximum Gasteiger partial charge on any atom is 0.256 e. The second kappa shape index (κ2) is 6.07. The van der Waals surface area contributed by atoms with Gasteiger partial charge in [-0.15, -0.1) is 0 Å². The molecule has 7 heteroatoms. The van der Waals surface area contributed by atoms with Gasteiger partial charge < -0.3 is 9.42 Å². The van der Waals surface area contributed by atoms with Gasteiger partial charge >= 0.3 is 0 Å². The molecule has 124 valence electrons. The van der Waals surface area contributed by atoms with Gasteiger partial charge in [0.2, 0.25) is 5.89 Å². The summed E-state index contributed by atoms with van der Waals surface area (Å²) in [5, 5.41) is 12.0. The van der Waals surface area contributed by atoms with Crippen LogP contribution in [0.25, 0.3) is 10.9 Å². The second-order valence-electron chi connectivity index (χ2n) is 6.13. The average molecular weight is 325 g/mol. The molecule has 1 aromatic carbocycles. The van der Waals surface area contributed by atoms with E-state index in [1.807, 2.05) is 30.0 Å². The number of fused-ring (bicyclic) bond motifs is 1. The molecule has 24 heavy (non-hydrogen) atoms. The third-order valence-electron chi connectivity index (χ3n) is 4.57. The molecule has 4 rings (SSSR count). The Bertz CT molecular complexity index is 869. The highest BCUT2D eigenvalue weighted by Gasteiger charge is 2.29. The molecule has 1 atom stereocenters. The lowest BCUT2D eigenvalue weighted by Gasteiger charge is -2.31. The van der Waals surface area contributed by atoms with E-state index in [2.05, 4.69) is 20.3 Å². The van der Waals surface area contributed by atoms with Crippen molar-refractivity contribution in [1.82, 2.24) is 25.2 Å².